The maximum absolute atomic E-state index is 11.9. The predicted octanol–water partition coefficient (Wildman–Crippen LogP) is 3.19. The van der Waals surface area contributed by atoms with Crippen LogP contribution in [0.3, 0.4) is 0 Å². The van der Waals surface area contributed by atoms with Crippen LogP contribution in [0.15, 0.2) is 34.9 Å². The fraction of sp³-hybridized carbons (Fsp3) is 0.312. The molecule has 8 heteroatoms. The minimum atomic E-state index is -0.232. The Bertz CT molecular complexity index is 720. The number of aryl methyl sites for hydroxylation is 1. The van der Waals surface area contributed by atoms with Gasteiger partial charge in [0.25, 0.3) is 0 Å². The molecule has 1 aromatic carbocycles. The van der Waals surface area contributed by atoms with E-state index in [1.54, 1.807) is 19.1 Å². The van der Waals surface area contributed by atoms with Gasteiger partial charge in [-0.15, -0.1) is 11.8 Å². The van der Waals surface area contributed by atoms with Gasteiger partial charge in [0.15, 0.2) is 5.82 Å². The molecular formula is C16H18ClN3O3S. The van der Waals surface area contributed by atoms with Gasteiger partial charge in [0, 0.05) is 11.1 Å². The number of benzene rings is 1. The molecule has 1 atom stereocenters. The smallest absolute Gasteiger partial charge is 0.235 e. The molecule has 1 aromatic heterocycles. The van der Waals surface area contributed by atoms with Crippen molar-refractivity contribution >= 4 is 41.0 Å². The molecule has 0 saturated heterocycles. The second-order valence-corrected chi connectivity index (χ2v) is 6.63. The van der Waals surface area contributed by atoms with E-state index in [2.05, 4.69) is 15.8 Å². The van der Waals surface area contributed by atoms with E-state index in [4.69, 9.17) is 16.1 Å². The largest absolute Gasteiger partial charge is 0.360 e. The van der Waals surface area contributed by atoms with Crippen LogP contribution in [-0.2, 0) is 9.59 Å². The molecule has 0 saturated carbocycles. The van der Waals surface area contributed by atoms with Crippen LogP contribution in [-0.4, -0.2) is 28.5 Å². The zero-order chi connectivity index (χ0) is 17.5. The summed E-state index contributed by atoms with van der Waals surface area (Å²) in [5.74, 6) is 0.965. The minimum Gasteiger partial charge on any atom is -0.360 e. The first kappa shape index (κ1) is 18.4. The molecule has 0 fully saturated rings. The van der Waals surface area contributed by atoms with Gasteiger partial charge in [-0.3, -0.25) is 9.59 Å². The van der Waals surface area contributed by atoms with E-state index in [1.165, 1.54) is 11.8 Å². The number of carbonyl (C=O) groups is 2. The summed E-state index contributed by atoms with van der Waals surface area (Å²) in [6, 6.07) is 8.81. The Balaban J connectivity index is 1.70. The summed E-state index contributed by atoms with van der Waals surface area (Å²) in [5.41, 5.74) is 0.931. The monoisotopic (exact) mass is 367 g/mol. The highest BCUT2D eigenvalue weighted by Crippen LogP contribution is 2.17. The third-order valence-corrected chi connectivity index (χ3v) is 4.26. The minimum absolute atomic E-state index is 0.141. The quantitative estimate of drug-likeness (QED) is 0.785. The Labute approximate surface area is 149 Å². The third kappa shape index (κ3) is 5.90. The molecule has 0 radical (unpaired) electrons. The lowest BCUT2D eigenvalue weighted by atomic mass is 10.1. The van der Waals surface area contributed by atoms with Gasteiger partial charge in [0.05, 0.1) is 17.5 Å². The van der Waals surface area contributed by atoms with Crippen molar-refractivity contribution in [2.75, 3.05) is 16.8 Å². The van der Waals surface area contributed by atoms with Crippen molar-refractivity contribution in [3.05, 3.63) is 46.7 Å². The number of carbonyl (C=O) groups excluding carboxylic acids is 2. The van der Waals surface area contributed by atoms with Crippen LogP contribution in [0.25, 0.3) is 0 Å². The first-order chi connectivity index (χ1) is 11.4. The molecule has 0 aliphatic heterocycles. The Hall–Kier alpha value is -1.99. The third-order valence-electron chi connectivity index (χ3n) is 3.09. The Morgan fingerprint density at radius 3 is 2.71 bits per heavy atom. The van der Waals surface area contributed by atoms with Gasteiger partial charge < -0.3 is 15.2 Å². The summed E-state index contributed by atoms with van der Waals surface area (Å²) in [4.78, 5) is 23.7. The first-order valence-electron chi connectivity index (χ1n) is 7.30. The highest BCUT2D eigenvalue weighted by Gasteiger charge is 2.11. The van der Waals surface area contributed by atoms with Gasteiger partial charge in [-0.2, -0.15) is 0 Å². The fourth-order valence-electron chi connectivity index (χ4n) is 1.98. The summed E-state index contributed by atoms with van der Waals surface area (Å²) >= 11 is 7.17. The summed E-state index contributed by atoms with van der Waals surface area (Å²) in [7, 11) is 0. The standard InChI is InChI=1S/C16H18ClN3O3S/c1-10-6-14(20-23-10)19-16(22)9-24-8-15(21)18-11(2)12-4-3-5-13(17)7-12/h3-7,11H,8-9H2,1-2H3,(H,18,21)(H,19,20,22). The van der Waals surface area contributed by atoms with E-state index < -0.39 is 0 Å². The molecule has 0 aliphatic rings. The molecule has 1 heterocycles. The van der Waals surface area contributed by atoms with Crippen LogP contribution in [0.2, 0.25) is 5.02 Å². The van der Waals surface area contributed by atoms with E-state index in [-0.39, 0.29) is 29.4 Å². The molecule has 2 N–H and O–H groups in total. The van der Waals surface area contributed by atoms with Crippen molar-refractivity contribution in [1.82, 2.24) is 10.5 Å². The van der Waals surface area contributed by atoms with Gasteiger partial charge in [-0.1, -0.05) is 28.9 Å². The van der Waals surface area contributed by atoms with E-state index in [1.807, 2.05) is 25.1 Å². The molecule has 0 spiro atoms. The lowest BCUT2D eigenvalue weighted by Crippen LogP contribution is -2.28. The number of nitrogens with zero attached hydrogens (tertiary/aromatic N) is 1. The molecule has 0 bridgehead atoms. The molecule has 2 amide bonds. The maximum atomic E-state index is 11.9. The molecular weight excluding hydrogens is 350 g/mol. The normalized spacial score (nSPS) is 11.8. The first-order valence-corrected chi connectivity index (χ1v) is 8.83. The van der Waals surface area contributed by atoms with Gasteiger partial charge in [-0.05, 0) is 31.5 Å². The number of thioether (sulfide) groups is 1. The summed E-state index contributed by atoms with van der Waals surface area (Å²) < 4.78 is 4.86. The average molecular weight is 368 g/mol. The molecule has 0 aliphatic carbocycles. The van der Waals surface area contributed by atoms with Crippen molar-refractivity contribution < 1.29 is 14.1 Å². The van der Waals surface area contributed by atoms with Gasteiger partial charge in [0.1, 0.15) is 5.76 Å². The second-order valence-electron chi connectivity index (χ2n) is 5.21. The number of hydrogen-bond donors (Lipinski definition) is 2. The molecule has 24 heavy (non-hydrogen) atoms. The topological polar surface area (TPSA) is 84.2 Å². The molecule has 6 nitrogen and oxygen atoms in total. The summed E-state index contributed by atoms with van der Waals surface area (Å²) in [5, 5.41) is 9.77. The predicted molar refractivity (Wildman–Crippen MR) is 95.2 cm³/mol. The van der Waals surface area contributed by atoms with Crippen LogP contribution in [0, 0.1) is 6.92 Å². The zero-order valence-electron chi connectivity index (χ0n) is 13.3. The molecule has 128 valence electrons. The number of amides is 2. The van der Waals surface area contributed by atoms with Crippen LogP contribution >= 0.6 is 23.4 Å². The van der Waals surface area contributed by atoms with E-state index >= 15 is 0 Å². The highest BCUT2D eigenvalue weighted by molar-refractivity contribution is 8.00. The average Bonchev–Trinajstić information content (AvgIpc) is 2.92. The second kappa shape index (κ2) is 8.75. The zero-order valence-corrected chi connectivity index (χ0v) is 14.9. The molecule has 2 rings (SSSR count). The van der Waals surface area contributed by atoms with Crippen LogP contribution < -0.4 is 10.6 Å². The van der Waals surface area contributed by atoms with Crippen molar-refractivity contribution in [3.8, 4) is 0 Å². The fourth-order valence-corrected chi connectivity index (χ4v) is 2.81. The van der Waals surface area contributed by atoms with Gasteiger partial charge in [-0.25, -0.2) is 0 Å². The van der Waals surface area contributed by atoms with E-state index in [9.17, 15) is 9.59 Å². The van der Waals surface area contributed by atoms with Crippen molar-refractivity contribution in [3.63, 3.8) is 0 Å². The van der Waals surface area contributed by atoms with E-state index in [0.717, 1.165) is 5.56 Å². The number of halogens is 1. The highest BCUT2D eigenvalue weighted by atomic mass is 35.5. The number of nitrogens with one attached hydrogen (secondary N) is 2. The molecule has 1 unspecified atom stereocenters. The maximum Gasteiger partial charge on any atom is 0.235 e. The Morgan fingerprint density at radius 1 is 1.29 bits per heavy atom. The van der Waals surface area contributed by atoms with Crippen LogP contribution in [0.1, 0.15) is 24.3 Å². The Kier molecular flexibility index (Phi) is 6.69. The summed E-state index contributed by atoms with van der Waals surface area (Å²) in [6.45, 7) is 3.62. The van der Waals surface area contributed by atoms with Gasteiger partial charge >= 0.3 is 0 Å². The lowest BCUT2D eigenvalue weighted by molar-refractivity contribution is -0.119. The number of hydrogen-bond acceptors (Lipinski definition) is 5. The molecule has 2 aromatic rings. The number of rotatable bonds is 7. The van der Waals surface area contributed by atoms with Crippen molar-refractivity contribution in [2.45, 2.75) is 19.9 Å². The lowest BCUT2D eigenvalue weighted by Gasteiger charge is -2.14. The van der Waals surface area contributed by atoms with Crippen molar-refractivity contribution in [1.29, 1.82) is 0 Å². The van der Waals surface area contributed by atoms with E-state index in [0.29, 0.717) is 16.6 Å². The number of anilines is 1. The summed E-state index contributed by atoms with van der Waals surface area (Å²) in [6.07, 6.45) is 0. The SMILES string of the molecule is Cc1cc(NC(=O)CSCC(=O)NC(C)c2cccc(Cl)c2)no1. The Morgan fingerprint density at radius 2 is 2.04 bits per heavy atom. The number of aromatic nitrogens is 1. The van der Waals surface area contributed by atoms with Crippen molar-refractivity contribution in [2.24, 2.45) is 0 Å². The van der Waals surface area contributed by atoms with Crippen LogP contribution in [0.4, 0.5) is 5.82 Å². The van der Waals surface area contributed by atoms with Gasteiger partial charge in [0.2, 0.25) is 11.8 Å². The van der Waals surface area contributed by atoms with Crippen LogP contribution in [0.5, 0.6) is 0 Å².